The first-order valence-corrected chi connectivity index (χ1v) is 14.1. The minimum atomic E-state index is -1.27. The number of nitrogens with zero attached hydrogens (tertiary/aromatic N) is 4. The Morgan fingerprint density at radius 3 is 2.59 bits per heavy atom. The first kappa shape index (κ1) is 27.5. The highest BCUT2D eigenvalue weighted by Gasteiger charge is 2.26. The third-order valence-electron chi connectivity index (χ3n) is 7.46. The molecule has 1 aromatic heterocycles. The predicted molar refractivity (Wildman–Crippen MR) is 148 cm³/mol. The van der Waals surface area contributed by atoms with Gasteiger partial charge in [0, 0.05) is 48.6 Å². The number of rotatable bonds is 8. The average Bonchev–Trinajstić information content (AvgIpc) is 3.47. The summed E-state index contributed by atoms with van der Waals surface area (Å²) < 4.78 is 11.6. The van der Waals surface area contributed by atoms with Gasteiger partial charge in [-0.2, -0.15) is 5.26 Å². The lowest BCUT2D eigenvalue weighted by atomic mass is 9.97. The standard InChI is InChI=1S/C29H34N4O5S/c1-19-2-5-26(24(14-19)25-18-39-29(31-25)33-8-6-20(7-9-33)28(35)36)38-17-22-4-3-21(15-23(22)16-30)27(34)32-10-12-37-13-11-32/h2-5,14-15,18,20,27-28,34-36H,6-13,17H2,1H3. The van der Waals surface area contributed by atoms with Gasteiger partial charge in [-0.3, -0.25) is 4.90 Å². The number of aromatic nitrogens is 1. The van der Waals surface area contributed by atoms with Gasteiger partial charge in [-0.05, 0) is 43.5 Å². The monoisotopic (exact) mass is 550 g/mol. The van der Waals surface area contributed by atoms with E-state index in [1.54, 1.807) is 17.4 Å². The van der Waals surface area contributed by atoms with Crippen LogP contribution in [0.25, 0.3) is 11.3 Å². The van der Waals surface area contributed by atoms with E-state index in [0.29, 0.717) is 43.2 Å². The minimum Gasteiger partial charge on any atom is -0.488 e. The highest BCUT2D eigenvalue weighted by molar-refractivity contribution is 7.14. The number of aliphatic hydroxyl groups excluding tert-OH is 2. The van der Waals surface area contributed by atoms with Crippen molar-refractivity contribution < 1.29 is 24.8 Å². The molecule has 3 N–H and O–H groups in total. The second-order valence-corrected chi connectivity index (χ2v) is 10.9. The fraction of sp³-hybridized carbons (Fsp3) is 0.448. The Bertz CT molecular complexity index is 1310. The summed E-state index contributed by atoms with van der Waals surface area (Å²) in [7, 11) is 0. The number of aryl methyl sites for hydroxylation is 1. The molecule has 2 fully saturated rings. The molecule has 3 heterocycles. The van der Waals surface area contributed by atoms with Crippen molar-refractivity contribution in [3.63, 3.8) is 0 Å². The van der Waals surface area contributed by atoms with Crippen molar-refractivity contribution in [3.05, 3.63) is 64.0 Å². The summed E-state index contributed by atoms with van der Waals surface area (Å²) in [6, 6.07) is 13.7. The van der Waals surface area contributed by atoms with E-state index in [1.807, 2.05) is 41.5 Å². The molecule has 0 bridgehead atoms. The quantitative estimate of drug-likeness (QED) is 0.362. The molecule has 0 saturated carbocycles. The molecule has 10 heteroatoms. The third kappa shape index (κ3) is 6.41. The summed E-state index contributed by atoms with van der Waals surface area (Å²) in [6.07, 6.45) is -0.611. The number of benzene rings is 2. The summed E-state index contributed by atoms with van der Waals surface area (Å²) in [5, 5.41) is 42.5. The zero-order valence-electron chi connectivity index (χ0n) is 22.0. The Morgan fingerprint density at radius 1 is 1.10 bits per heavy atom. The highest BCUT2D eigenvalue weighted by atomic mass is 32.1. The average molecular weight is 551 g/mol. The van der Waals surface area contributed by atoms with Gasteiger partial charge in [-0.1, -0.05) is 23.8 Å². The first-order valence-electron chi connectivity index (χ1n) is 13.3. The van der Waals surface area contributed by atoms with Crippen LogP contribution in [-0.2, 0) is 11.3 Å². The molecule has 2 aliphatic heterocycles. The predicted octanol–water partition coefficient (Wildman–Crippen LogP) is 3.42. The molecule has 3 aromatic rings. The number of nitriles is 1. The SMILES string of the molecule is Cc1ccc(OCc2ccc(C(O)N3CCOCC3)cc2C#N)c(-c2csc(N3CCC(C(O)O)CC3)n2)c1. The molecular formula is C29H34N4O5S. The summed E-state index contributed by atoms with van der Waals surface area (Å²) in [5.41, 5.74) is 4.69. The topological polar surface area (TPSA) is 122 Å². The van der Waals surface area contributed by atoms with Crippen LogP contribution in [0.1, 0.15) is 41.3 Å². The molecule has 0 radical (unpaired) electrons. The molecule has 5 rings (SSSR count). The van der Waals surface area contributed by atoms with E-state index in [9.17, 15) is 20.6 Å². The van der Waals surface area contributed by atoms with Crippen molar-refractivity contribution >= 4 is 16.5 Å². The van der Waals surface area contributed by atoms with Gasteiger partial charge in [0.2, 0.25) is 0 Å². The van der Waals surface area contributed by atoms with Crippen LogP contribution in [0.4, 0.5) is 5.13 Å². The number of hydrogen-bond acceptors (Lipinski definition) is 10. The minimum absolute atomic E-state index is 0.0903. The molecule has 2 aromatic carbocycles. The zero-order chi connectivity index (χ0) is 27.4. The van der Waals surface area contributed by atoms with Crippen LogP contribution in [-0.4, -0.2) is 70.9 Å². The third-order valence-corrected chi connectivity index (χ3v) is 8.36. The van der Waals surface area contributed by atoms with Crippen LogP contribution < -0.4 is 9.64 Å². The lowest BCUT2D eigenvalue weighted by Gasteiger charge is -2.32. The Hall–Kier alpha value is -3.04. The van der Waals surface area contributed by atoms with E-state index in [2.05, 4.69) is 17.0 Å². The van der Waals surface area contributed by atoms with Crippen molar-refractivity contribution in [2.45, 2.75) is 38.9 Å². The van der Waals surface area contributed by atoms with Crippen LogP contribution in [0, 0.1) is 24.2 Å². The van der Waals surface area contributed by atoms with Crippen molar-refractivity contribution in [1.29, 1.82) is 5.26 Å². The van der Waals surface area contributed by atoms with Gasteiger partial charge < -0.3 is 29.7 Å². The molecule has 2 aliphatic rings. The van der Waals surface area contributed by atoms with Gasteiger partial charge in [0.05, 0.1) is 30.5 Å². The van der Waals surface area contributed by atoms with Crippen LogP contribution >= 0.6 is 11.3 Å². The molecule has 206 valence electrons. The molecule has 9 nitrogen and oxygen atoms in total. The van der Waals surface area contributed by atoms with Crippen molar-refractivity contribution in [3.8, 4) is 23.1 Å². The smallest absolute Gasteiger partial charge is 0.185 e. The number of hydrogen-bond donors (Lipinski definition) is 3. The molecular weight excluding hydrogens is 516 g/mol. The van der Waals surface area contributed by atoms with Gasteiger partial charge in [-0.25, -0.2) is 4.98 Å². The van der Waals surface area contributed by atoms with Crippen LogP contribution in [0.15, 0.2) is 41.8 Å². The Labute approximate surface area is 232 Å². The molecule has 39 heavy (non-hydrogen) atoms. The van der Waals surface area contributed by atoms with E-state index in [0.717, 1.165) is 53.4 Å². The van der Waals surface area contributed by atoms with E-state index in [1.165, 1.54) is 0 Å². The fourth-order valence-corrected chi connectivity index (χ4v) is 5.94. The first-order chi connectivity index (χ1) is 18.9. The number of ether oxygens (including phenoxy) is 2. The summed E-state index contributed by atoms with van der Waals surface area (Å²) in [5.74, 6) is 0.591. The zero-order valence-corrected chi connectivity index (χ0v) is 22.8. The number of morpholine rings is 1. The van der Waals surface area contributed by atoms with Gasteiger partial charge in [0.15, 0.2) is 11.4 Å². The number of piperidine rings is 1. The summed E-state index contributed by atoms with van der Waals surface area (Å²) >= 11 is 1.57. The maximum atomic E-state index is 10.8. The highest BCUT2D eigenvalue weighted by Crippen LogP contribution is 2.36. The largest absolute Gasteiger partial charge is 0.488 e. The fourth-order valence-electron chi connectivity index (χ4n) is 5.06. The normalized spacial score (nSPS) is 17.8. The molecule has 1 unspecified atom stereocenters. The van der Waals surface area contributed by atoms with E-state index in [4.69, 9.17) is 14.5 Å². The molecule has 0 spiro atoms. The Morgan fingerprint density at radius 2 is 1.87 bits per heavy atom. The van der Waals surface area contributed by atoms with Crippen molar-refractivity contribution in [2.75, 3.05) is 44.3 Å². The number of anilines is 1. The lowest BCUT2D eigenvalue weighted by molar-refractivity contribution is -0.0893. The summed E-state index contributed by atoms with van der Waals surface area (Å²) in [4.78, 5) is 9.02. The van der Waals surface area contributed by atoms with Crippen LogP contribution in [0.5, 0.6) is 5.75 Å². The lowest BCUT2D eigenvalue weighted by Crippen LogP contribution is -2.39. The number of thiazole rings is 1. The maximum absolute atomic E-state index is 10.8. The Balaban J connectivity index is 1.30. The number of aliphatic hydroxyl groups is 3. The second kappa shape index (κ2) is 12.4. The summed E-state index contributed by atoms with van der Waals surface area (Å²) in [6.45, 7) is 6.16. The van der Waals surface area contributed by atoms with E-state index in [-0.39, 0.29) is 12.5 Å². The Kier molecular flexibility index (Phi) is 8.77. The van der Waals surface area contributed by atoms with E-state index < -0.39 is 12.5 Å². The van der Waals surface area contributed by atoms with Crippen molar-refractivity contribution in [1.82, 2.24) is 9.88 Å². The molecule has 0 amide bonds. The van der Waals surface area contributed by atoms with Crippen LogP contribution in [0.3, 0.4) is 0 Å². The van der Waals surface area contributed by atoms with Gasteiger partial charge in [-0.15, -0.1) is 11.3 Å². The second-order valence-electron chi connectivity index (χ2n) is 10.1. The molecule has 1 atom stereocenters. The van der Waals surface area contributed by atoms with Gasteiger partial charge in [0.1, 0.15) is 18.6 Å². The van der Waals surface area contributed by atoms with Gasteiger partial charge >= 0.3 is 0 Å². The van der Waals surface area contributed by atoms with Gasteiger partial charge in [0.25, 0.3) is 0 Å². The molecule has 0 aliphatic carbocycles. The van der Waals surface area contributed by atoms with Crippen LogP contribution in [0.2, 0.25) is 0 Å². The maximum Gasteiger partial charge on any atom is 0.185 e. The van der Waals surface area contributed by atoms with E-state index >= 15 is 0 Å². The van der Waals surface area contributed by atoms with Crippen molar-refractivity contribution in [2.24, 2.45) is 5.92 Å². The molecule has 2 saturated heterocycles.